The third-order valence-electron chi connectivity index (χ3n) is 1.79. The summed E-state index contributed by atoms with van der Waals surface area (Å²) in [7, 11) is 0. The molecule has 1 atom stereocenters. The van der Waals surface area contributed by atoms with Gasteiger partial charge in [0.25, 0.3) is 0 Å². The lowest BCUT2D eigenvalue weighted by Gasteiger charge is -2.11. The molecule has 1 aliphatic heterocycles. The van der Waals surface area contributed by atoms with E-state index >= 15 is 0 Å². The molecule has 1 saturated heterocycles. The first kappa shape index (κ1) is 8.59. The molecule has 0 N–H and O–H groups in total. The molecule has 1 unspecified atom stereocenters. The number of hydrogen-bond acceptors (Lipinski definition) is 3. The van der Waals surface area contributed by atoms with E-state index in [9.17, 15) is 9.59 Å². The number of imide groups is 1. The molecule has 1 fully saturated rings. The van der Waals surface area contributed by atoms with Crippen LogP contribution in [0.5, 0.6) is 0 Å². The lowest BCUT2D eigenvalue weighted by molar-refractivity contribution is -0.138. The van der Waals surface area contributed by atoms with Crippen molar-refractivity contribution in [1.29, 1.82) is 0 Å². The van der Waals surface area contributed by atoms with Crippen molar-refractivity contribution in [2.45, 2.75) is 13.3 Å². The van der Waals surface area contributed by atoms with Crippen molar-refractivity contribution in [2.75, 3.05) is 12.3 Å². The van der Waals surface area contributed by atoms with E-state index < -0.39 is 0 Å². The first-order valence-electron chi connectivity index (χ1n) is 3.62. The van der Waals surface area contributed by atoms with Crippen LogP contribution < -0.4 is 0 Å². The van der Waals surface area contributed by atoms with Crippen LogP contribution in [0.4, 0.5) is 0 Å². The minimum atomic E-state index is -0.123. The molecule has 1 rings (SSSR count). The number of thiol groups is 1. The van der Waals surface area contributed by atoms with E-state index in [-0.39, 0.29) is 17.7 Å². The minimum absolute atomic E-state index is 0.0518. The van der Waals surface area contributed by atoms with Gasteiger partial charge in [-0.05, 0) is 0 Å². The van der Waals surface area contributed by atoms with Crippen molar-refractivity contribution in [3.8, 4) is 0 Å². The maximum Gasteiger partial charge on any atom is 0.232 e. The lowest BCUT2D eigenvalue weighted by Crippen LogP contribution is -2.31. The molecular formula is C7H11NO2S. The second-order valence-electron chi connectivity index (χ2n) is 2.71. The molecule has 0 bridgehead atoms. The summed E-state index contributed by atoms with van der Waals surface area (Å²) >= 11 is 3.96. The summed E-state index contributed by atoms with van der Waals surface area (Å²) in [5.74, 6) is 0.312. The molecule has 0 spiro atoms. The third kappa shape index (κ3) is 1.56. The molecule has 0 radical (unpaired) electrons. The highest BCUT2D eigenvalue weighted by Crippen LogP contribution is 2.17. The summed E-state index contributed by atoms with van der Waals surface area (Å²) in [6, 6.07) is 0. The fourth-order valence-corrected chi connectivity index (χ4v) is 1.38. The van der Waals surface area contributed by atoms with Gasteiger partial charge >= 0.3 is 0 Å². The molecule has 1 heterocycles. The van der Waals surface area contributed by atoms with Crippen molar-refractivity contribution in [3.63, 3.8) is 0 Å². The summed E-state index contributed by atoms with van der Waals surface area (Å²) < 4.78 is 0. The Balaban J connectivity index is 2.64. The number of nitrogens with zero attached hydrogens (tertiary/aromatic N) is 1. The first-order chi connectivity index (χ1) is 5.16. The molecule has 2 amide bonds. The molecule has 0 aromatic carbocycles. The highest BCUT2D eigenvalue weighted by Gasteiger charge is 2.34. The molecule has 0 aromatic heterocycles. The number of hydrogen-bond donors (Lipinski definition) is 1. The van der Waals surface area contributed by atoms with Crippen LogP contribution in [0.25, 0.3) is 0 Å². The Morgan fingerprint density at radius 3 is 2.64 bits per heavy atom. The predicted molar refractivity (Wildman–Crippen MR) is 44.4 cm³/mol. The Labute approximate surface area is 71.2 Å². The van der Waals surface area contributed by atoms with Gasteiger partial charge in [-0.25, -0.2) is 0 Å². The quantitative estimate of drug-likeness (QED) is 0.482. The van der Waals surface area contributed by atoms with Crippen LogP contribution in [-0.2, 0) is 9.59 Å². The SMILES string of the molecule is CC1CC(=O)N(CCS)C1=O. The number of carbonyl (C=O) groups excluding carboxylic acids is 2. The minimum Gasteiger partial charge on any atom is -0.282 e. The Morgan fingerprint density at radius 1 is 1.64 bits per heavy atom. The molecule has 1 aliphatic rings. The van der Waals surface area contributed by atoms with Crippen LogP contribution in [0.1, 0.15) is 13.3 Å². The molecule has 0 saturated carbocycles. The Bertz CT molecular complexity index is 193. The van der Waals surface area contributed by atoms with Gasteiger partial charge in [0.05, 0.1) is 0 Å². The maximum absolute atomic E-state index is 11.2. The van der Waals surface area contributed by atoms with E-state index in [1.54, 1.807) is 6.92 Å². The number of likely N-dealkylation sites (tertiary alicyclic amines) is 1. The summed E-state index contributed by atoms with van der Waals surface area (Å²) in [6.07, 6.45) is 0.368. The fraction of sp³-hybridized carbons (Fsp3) is 0.714. The standard InChI is InChI=1S/C7H11NO2S/c1-5-4-6(9)8(2-3-11)7(5)10/h5,11H,2-4H2,1H3. The van der Waals surface area contributed by atoms with Crippen molar-refractivity contribution < 1.29 is 9.59 Å². The summed E-state index contributed by atoms with van der Waals surface area (Å²) in [4.78, 5) is 23.5. The van der Waals surface area contributed by atoms with E-state index in [4.69, 9.17) is 0 Å². The molecule has 0 aliphatic carbocycles. The monoisotopic (exact) mass is 173 g/mol. The second kappa shape index (κ2) is 3.26. The van der Waals surface area contributed by atoms with Crippen molar-refractivity contribution in [3.05, 3.63) is 0 Å². The normalized spacial score (nSPS) is 24.9. The van der Waals surface area contributed by atoms with Crippen LogP contribution in [0.3, 0.4) is 0 Å². The summed E-state index contributed by atoms with van der Waals surface area (Å²) in [5, 5.41) is 0. The van der Waals surface area contributed by atoms with Gasteiger partial charge in [0.1, 0.15) is 0 Å². The van der Waals surface area contributed by atoms with Gasteiger partial charge in [0.2, 0.25) is 11.8 Å². The molecule has 3 nitrogen and oxygen atoms in total. The van der Waals surface area contributed by atoms with Gasteiger partial charge in [-0.3, -0.25) is 14.5 Å². The van der Waals surface area contributed by atoms with Crippen LogP contribution in [0.2, 0.25) is 0 Å². The van der Waals surface area contributed by atoms with Crippen molar-refractivity contribution in [1.82, 2.24) is 4.90 Å². The highest BCUT2D eigenvalue weighted by molar-refractivity contribution is 7.80. The zero-order valence-electron chi connectivity index (χ0n) is 6.41. The van der Waals surface area contributed by atoms with E-state index in [0.29, 0.717) is 18.7 Å². The molecule has 11 heavy (non-hydrogen) atoms. The predicted octanol–water partition coefficient (Wildman–Crippen LogP) is 0.311. The third-order valence-corrected chi connectivity index (χ3v) is 1.99. The summed E-state index contributed by atoms with van der Waals surface area (Å²) in [5.41, 5.74) is 0. The summed E-state index contributed by atoms with van der Waals surface area (Å²) in [6.45, 7) is 2.23. The lowest BCUT2D eigenvalue weighted by atomic mass is 10.1. The van der Waals surface area contributed by atoms with E-state index in [1.807, 2.05) is 0 Å². The van der Waals surface area contributed by atoms with Crippen molar-refractivity contribution in [2.24, 2.45) is 5.92 Å². The first-order valence-corrected chi connectivity index (χ1v) is 4.25. The van der Waals surface area contributed by atoms with Crippen LogP contribution >= 0.6 is 12.6 Å². The van der Waals surface area contributed by atoms with Gasteiger partial charge in [-0.2, -0.15) is 12.6 Å². The fourth-order valence-electron chi connectivity index (χ4n) is 1.18. The van der Waals surface area contributed by atoms with Gasteiger partial charge in [-0.15, -0.1) is 0 Å². The van der Waals surface area contributed by atoms with Gasteiger partial charge < -0.3 is 0 Å². The number of amides is 2. The smallest absolute Gasteiger partial charge is 0.232 e. The Kier molecular flexibility index (Phi) is 2.54. The Morgan fingerprint density at radius 2 is 2.27 bits per heavy atom. The van der Waals surface area contributed by atoms with Crippen LogP contribution in [-0.4, -0.2) is 29.0 Å². The molecule has 0 aromatic rings. The number of carbonyl (C=O) groups is 2. The maximum atomic E-state index is 11.2. The van der Waals surface area contributed by atoms with Gasteiger partial charge in [-0.1, -0.05) is 6.92 Å². The van der Waals surface area contributed by atoms with Gasteiger partial charge in [0, 0.05) is 24.6 Å². The average molecular weight is 173 g/mol. The van der Waals surface area contributed by atoms with Gasteiger partial charge in [0.15, 0.2) is 0 Å². The second-order valence-corrected chi connectivity index (χ2v) is 3.16. The largest absolute Gasteiger partial charge is 0.282 e. The zero-order valence-corrected chi connectivity index (χ0v) is 7.30. The number of rotatable bonds is 2. The zero-order chi connectivity index (χ0) is 8.43. The van der Waals surface area contributed by atoms with E-state index in [0.717, 1.165) is 0 Å². The van der Waals surface area contributed by atoms with Crippen LogP contribution in [0.15, 0.2) is 0 Å². The molecule has 62 valence electrons. The van der Waals surface area contributed by atoms with E-state index in [2.05, 4.69) is 12.6 Å². The Hall–Kier alpha value is -0.510. The van der Waals surface area contributed by atoms with Crippen LogP contribution in [0, 0.1) is 5.92 Å². The molecular weight excluding hydrogens is 162 g/mol. The molecule has 4 heteroatoms. The van der Waals surface area contributed by atoms with Crippen molar-refractivity contribution >= 4 is 24.4 Å². The average Bonchev–Trinajstić information content (AvgIpc) is 2.17. The topological polar surface area (TPSA) is 37.4 Å². The highest BCUT2D eigenvalue weighted by atomic mass is 32.1. The van der Waals surface area contributed by atoms with E-state index in [1.165, 1.54) is 4.90 Å².